The highest BCUT2D eigenvalue weighted by Crippen LogP contribution is 2.27. The van der Waals surface area contributed by atoms with E-state index >= 15 is 0 Å². The number of anilines is 1. The maximum Gasteiger partial charge on any atom is 0.243 e. The Balaban J connectivity index is 1.75. The molecule has 0 radical (unpaired) electrons. The lowest BCUT2D eigenvalue weighted by molar-refractivity contribution is -0.123. The molecule has 1 fully saturated rings. The second kappa shape index (κ2) is 8.28. The number of sulfonamides is 1. The minimum Gasteiger partial charge on any atom is -0.497 e. The van der Waals surface area contributed by atoms with Crippen molar-refractivity contribution in [2.24, 2.45) is 5.92 Å². The number of hydrogen-bond acceptors (Lipinski definition) is 4. The average Bonchev–Trinajstić information content (AvgIpc) is 2.73. The molecule has 1 amide bonds. The van der Waals surface area contributed by atoms with Gasteiger partial charge in [-0.1, -0.05) is 0 Å². The second-order valence-corrected chi connectivity index (χ2v) is 8.69. The van der Waals surface area contributed by atoms with Crippen molar-refractivity contribution < 1.29 is 22.3 Å². The molecule has 28 heavy (non-hydrogen) atoms. The van der Waals surface area contributed by atoms with Crippen LogP contribution in [-0.4, -0.2) is 45.9 Å². The fraction of sp³-hybridized carbons (Fsp3) is 0.350. The Bertz CT molecular complexity index is 930. The van der Waals surface area contributed by atoms with Crippen LogP contribution in [0.1, 0.15) is 12.8 Å². The van der Waals surface area contributed by atoms with Crippen LogP contribution in [0.2, 0.25) is 0 Å². The molecule has 0 saturated carbocycles. The summed E-state index contributed by atoms with van der Waals surface area (Å²) in [4.78, 5) is 14.5. The highest BCUT2D eigenvalue weighted by molar-refractivity contribution is 7.89. The van der Waals surface area contributed by atoms with Gasteiger partial charge in [-0.25, -0.2) is 12.8 Å². The van der Waals surface area contributed by atoms with Gasteiger partial charge in [0, 0.05) is 25.8 Å². The molecular formula is C20H23FN2O4S. The van der Waals surface area contributed by atoms with Gasteiger partial charge in [0.2, 0.25) is 15.9 Å². The van der Waals surface area contributed by atoms with Crippen molar-refractivity contribution in [3.05, 3.63) is 54.3 Å². The summed E-state index contributed by atoms with van der Waals surface area (Å²) in [6, 6.07) is 11.8. The standard InChI is InChI=1S/C20H23FN2O4S/c1-22(17-7-5-16(21)6-8-17)20(24)15-4-3-13-23(14-15)28(25,26)19-11-9-18(27-2)10-12-19/h5-12,15H,3-4,13-14H2,1-2H3/t15-/m1/s1. The van der Waals surface area contributed by atoms with E-state index in [0.717, 1.165) is 0 Å². The fourth-order valence-electron chi connectivity index (χ4n) is 3.32. The van der Waals surface area contributed by atoms with E-state index < -0.39 is 15.9 Å². The molecule has 0 N–H and O–H groups in total. The number of carbonyl (C=O) groups excluding carboxylic acids is 1. The number of benzene rings is 2. The van der Waals surface area contributed by atoms with Gasteiger partial charge in [0.25, 0.3) is 0 Å². The number of methoxy groups -OCH3 is 1. The van der Waals surface area contributed by atoms with Gasteiger partial charge >= 0.3 is 0 Å². The largest absolute Gasteiger partial charge is 0.497 e. The first kappa shape index (κ1) is 20.3. The van der Waals surface area contributed by atoms with Gasteiger partial charge < -0.3 is 9.64 Å². The Morgan fingerprint density at radius 2 is 1.79 bits per heavy atom. The maximum atomic E-state index is 13.1. The third-order valence-corrected chi connectivity index (χ3v) is 6.85. The SMILES string of the molecule is COc1ccc(S(=O)(=O)N2CCC[C@@H](C(=O)N(C)c3ccc(F)cc3)C2)cc1. The fourth-order valence-corrected chi connectivity index (χ4v) is 4.85. The lowest BCUT2D eigenvalue weighted by atomic mass is 9.98. The van der Waals surface area contributed by atoms with E-state index in [1.165, 1.54) is 52.7 Å². The second-order valence-electron chi connectivity index (χ2n) is 6.75. The van der Waals surface area contributed by atoms with E-state index in [1.807, 2.05) is 0 Å². The topological polar surface area (TPSA) is 66.9 Å². The maximum absolute atomic E-state index is 13.1. The molecule has 0 spiro atoms. The molecule has 1 saturated heterocycles. The Morgan fingerprint density at radius 1 is 1.14 bits per heavy atom. The van der Waals surface area contributed by atoms with Crippen LogP contribution in [0.3, 0.4) is 0 Å². The molecule has 150 valence electrons. The van der Waals surface area contributed by atoms with E-state index in [1.54, 1.807) is 19.2 Å². The van der Waals surface area contributed by atoms with Gasteiger partial charge in [-0.15, -0.1) is 0 Å². The van der Waals surface area contributed by atoms with Crippen molar-refractivity contribution in [1.82, 2.24) is 4.31 Å². The quantitative estimate of drug-likeness (QED) is 0.766. The predicted octanol–water partition coefficient (Wildman–Crippen LogP) is 2.90. The first-order valence-corrected chi connectivity index (χ1v) is 10.4. The number of carbonyl (C=O) groups is 1. The molecule has 1 aliphatic rings. The lowest BCUT2D eigenvalue weighted by Crippen LogP contribution is -2.45. The summed E-state index contributed by atoms with van der Waals surface area (Å²) in [6.45, 7) is 0.497. The van der Waals surface area contributed by atoms with Crippen LogP contribution in [0.15, 0.2) is 53.4 Å². The first-order chi connectivity index (χ1) is 13.3. The molecule has 2 aromatic carbocycles. The number of rotatable bonds is 5. The summed E-state index contributed by atoms with van der Waals surface area (Å²) in [6.07, 6.45) is 1.21. The van der Waals surface area contributed by atoms with Crippen molar-refractivity contribution in [1.29, 1.82) is 0 Å². The smallest absolute Gasteiger partial charge is 0.243 e. The average molecular weight is 406 g/mol. The normalized spacial score (nSPS) is 17.9. The summed E-state index contributed by atoms with van der Waals surface area (Å²) in [7, 11) is -0.559. The predicted molar refractivity (Wildman–Crippen MR) is 104 cm³/mol. The van der Waals surface area contributed by atoms with Gasteiger partial charge in [0.1, 0.15) is 11.6 Å². The van der Waals surface area contributed by atoms with Crippen LogP contribution < -0.4 is 9.64 Å². The first-order valence-electron chi connectivity index (χ1n) is 9.00. The molecular weight excluding hydrogens is 383 g/mol. The number of halogens is 1. The molecule has 0 unspecified atom stereocenters. The van der Waals surface area contributed by atoms with Crippen molar-refractivity contribution in [2.75, 3.05) is 32.1 Å². The van der Waals surface area contributed by atoms with E-state index in [4.69, 9.17) is 4.74 Å². The lowest BCUT2D eigenvalue weighted by Gasteiger charge is -2.33. The van der Waals surface area contributed by atoms with Gasteiger partial charge in [-0.2, -0.15) is 4.31 Å². The van der Waals surface area contributed by atoms with E-state index in [9.17, 15) is 17.6 Å². The summed E-state index contributed by atoms with van der Waals surface area (Å²) in [5, 5.41) is 0. The summed E-state index contributed by atoms with van der Waals surface area (Å²) in [5.74, 6) is -0.427. The molecule has 3 rings (SSSR count). The number of piperidine rings is 1. The molecule has 6 nitrogen and oxygen atoms in total. The molecule has 8 heteroatoms. The zero-order valence-corrected chi connectivity index (χ0v) is 16.7. The van der Waals surface area contributed by atoms with Crippen LogP contribution in [-0.2, 0) is 14.8 Å². The molecule has 1 aliphatic heterocycles. The minimum absolute atomic E-state index is 0.124. The minimum atomic E-state index is -3.69. The Morgan fingerprint density at radius 3 is 2.39 bits per heavy atom. The van der Waals surface area contributed by atoms with Crippen LogP contribution in [0.5, 0.6) is 5.75 Å². The summed E-state index contributed by atoms with van der Waals surface area (Å²) < 4.78 is 45.4. The van der Waals surface area contributed by atoms with E-state index in [-0.39, 0.29) is 23.2 Å². The Kier molecular flexibility index (Phi) is 6.00. The van der Waals surface area contributed by atoms with Crippen LogP contribution >= 0.6 is 0 Å². The number of nitrogens with zero attached hydrogens (tertiary/aromatic N) is 2. The van der Waals surface area contributed by atoms with Crippen molar-refractivity contribution in [3.63, 3.8) is 0 Å². The highest BCUT2D eigenvalue weighted by atomic mass is 32.2. The molecule has 0 bridgehead atoms. The number of ether oxygens (including phenoxy) is 1. The molecule has 0 aromatic heterocycles. The zero-order valence-electron chi connectivity index (χ0n) is 15.8. The van der Waals surface area contributed by atoms with Crippen molar-refractivity contribution in [3.8, 4) is 5.75 Å². The van der Waals surface area contributed by atoms with E-state index in [2.05, 4.69) is 0 Å². The highest BCUT2D eigenvalue weighted by Gasteiger charge is 2.34. The van der Waals surface area contributed by atoms with Crippen LogP contribution in [0.4, 0.5) is 10.1 Å². The van der Waals surface area contributed by atoms with Crippen molar-refractivity contribution >= 4 is 21.6 Å². The molecule has 1 atom stereocenters. The van der Waals surface area contributed by atoms with Gasteiger partial charge in [0.15, 0.2) is 0 Å². The zero-order chi connectivity index (χ0) is 20.3. The van der Waals surface area contributed by atoms with Crippen LogP contribution in [0.25, 0.3) is 0 Å². The van der Waals surface area contributed by atoms with Gasteiger partial charge in [-0.05, 0) is 61.4 Å². The molecule has 1 heterocycles. The van der Waals surface area contributed by atoms with Gasteiger partial charge in [0.05, 0.1) is 17.9 Å². The van der Waals surface area contributed by atoms with Crippen molar-refractivity contribution in [2.45, 2.75) is 17.7 Å². The third kappa shape index (κ3) is 4.18. The summed E-state index contributed by atoms with van der Waals surface area (Å²) >= 11 is 0. The Hall–Kier alpha value is -2.45. The van der Waals surface area contributed by atoms with Gasteiger partial charge in [-0.3, -0.25) is 4.79 Å². The summed E-state index contributed by atoms with van der Waals surface area (Å²) in [5.41, 5.74) is 0.571. The van der Waals surface area contributed by atoms with E-state index in [0.29, 0.717) is 30.8 Å². The number of amides is 1. The number of hydrogen-bond donors (Lipinski definition) is 0. The monoisotopic (exact) mass is 406 g/mol. The Labute approximate surface area is 164 Å². The molecule has 2 aromatic rings. The third-order valence-electron chi connectivity index (χ3n) is 4.98. The molecule has 0 aliphatic carbocycles. The van der Waals surface area contributed by atoms with Crippen LogP contribution in [0, 0.1) is 11.7 Å².